The number of rotatable bonds is 2. The van der Waals surface area contributed by atoms with E-state index in [0.717, 1.165) is 23.8 Å². The van der Waals surface area contributed by atoms with Crippen LogP contribution in [0.2, 0.25) is 0 Å². The van der Waals surface area contributed by atoms with Gasteiger partial charge in [-0.15, -0.1) is 0 Å². The Labute approximate surface area is 103 Å². The predicted octanol–water partition coefficient (Wildman–Crippen LogP) is 3.49. The zero-order valence-corrected chi connectivity index (χ0v) is 9.62. The van der Waals surface area contributed by atoms with Gasteiger partial charge in [-0.05, 0) is 31.2 Å². The van der Waals surface area contributed by atoms with Crippen molar-refractivity contribution in [1.82, 2.24) is 0 Å². The van der Waals surface area contributed by atoms with Crippen molar-refractivity contribution in [2.75, 3.05) is 0 Å². The van der Waals surface area contributed by atoms with E-state index in [-0.39, 0.29) is 11.1 Å². The van der Waals surface area contributed by atoms with Crippen molar-refractivity contribution in [3.8, 4) is 0 Å². The Hall–Kier alpha value is -1.81. The van der Waals surface area contributed by atoms with Gasteiger partial charge in [-0.2, -0.15) is 0 Å². The molecule has 1 atom stereocenters. The van der Waals surface area contributed by atoms with Crippen LogP contribution in [0, 0.1) is 24.4 Å². The maximum Gasteiger partial charge on any atom is 0.129 e. The van der Waals surface area contributed by atoms with Crippen molar-refractivity contribution in [3.63, 3.8) is 0 Å². The lowest BCUT2D eigenvalue weighted by Gasteiger charge is -2.14. The number of hydrogen-bond acceptors (Lipinski definition) is 1. The molecule has 0 aliphatic heterocycles. The van der Waals surface area contributed by atoms with Gasteiger partial charge in [0.15, 0.2) is 0 Å². The van der Waals surface area contributed by atoms with E-state index in [4.69, 9.17) is 0 Å². The molecular weight excluding hydrogens is 241 g/mol. The second kappa shape index (κ2) is 4.82. The smallest absolute Gasteiger partial charge is 0.129 e. The normalized spacial score (nSPS) is 12.5. The molecule has 0 aromatic heterocycles. The van der Waals surface area contributed by atoms with Gasteiger partial charge < -0.3 is 5.11 Å². The lowest BCUT2D eigenvalue weighted by molar-refractivity contribution is 0.209. The maximum absolute atomic E-state index is 13.6. The van der Waals surface area contributed by atoms with Crippen molar-refractivity contribution in [3.05, 3.63) is 70.5 Å². The predicted molar refractivity (Wildman–Crippen MR) is 61.6 cm³/mol. The van der Waals surface area contributed by atoms with E-state index in [1.807, 2.05) is 0 Å². The molecule has 0 heterocycles. The van der Waals surface area contributed by atoms with Crippen LogP contribution in [-0.4, -0.2) is 5.11 Å². The summed E-state index contributed by atoms with van der Waals surface area (Å²) >= 11 is 0. The highest BCUT2D eigenvalue weighted by Crippen LogP contribution is 2.27. The minimum atomic E-state index is -1.53. The van der Waals surface area contributed by atoms with Crippen LogP contribution in [-0.2, 0) is 0 Å². The SMILES string of the molecule is Cc1ccc(F)c(C(O)c2cc(F)ccc2F)c1. The van der Waals surface area contributed by atoms with Gasteiger partial charge in [0, 0.05) is 11.1 Å². The number of hydrogen-bond donors (Lipinski definition) is 1. The van der Waals surface area contributed by atoms with E-state index in [9.17, 15) is 18.3 Å². The summed E-state index contributed by atoms with van der Waals surface area (Å²) in [5.74, 6) is -2.11. The molecule has 1 unspecified atom stereocenters. The van der Waals surface area contributed by atoms with Gasteiger partial charge in [0.1, 0.15) is 23.6 Å². The topological polar surface area (TPSA) is 20.2 Å². The molecule has 18 heavy (non-hydrogen) atoms. The molecule has 0 saturated carbocycles. The van der Waals surface area contributed by atoms with Crippen LogP contribution in [0.4, 0.5) is 13.2 Å². The van der Waals surface area contributed by atoms with Crippen LogP contribution in [0.15, 0.2) is 36.4 Å². The molecule has 1 N–H and O–H groups in total. The standard InChI is InChI=1S/C14H11F3O/c1-8-2-4-12(16)10(6-8)14(18)11-7-9(15)3-5-13(11)17/h2-7,14,18H,1H3. The van der Waals surface area contributed by atoms with Crippen LogP contribution in [0.5, 0.6) is 0 Å². The van der Waals surface area contributed by atoms with E-state index in [1.54, 1.807) is 6.92 Å². The molecule has 4 heteroatoms. The quantitative estimate of drug-likeness (QED) is 0.867. The largest absolute Gasteiger partial charge is 0.383 e. The molecule has 0 bridgehead atoms. The van der Waals surface area contributed by atoms with Crippen molar-refractivity contribution in [2.24, 2.45) is 0 Å². The fourth-order valence-electron chi connectivity index (χ4n) is 1.76. The second-order valence-corrected chi connectivity index (χ2v) is 4.09. The van der Waals surface area contributed by atoms with Gasteiger partial charge >= 0.3 is 0 Å². The fraction of sp³-hybridized carbons (Fsp3) is 0.143. The number of benzene rings is 2. The van der Waals surface area contributed by atoms with Crippen molar-refractivity contribution >= 4 is 0 Å². The first-order chi connectivity index (χ1) is 8.49. The summed E-state index contributed by atoms with van der Waals surface area (Å²) in [5, 5.41) is 9.96. The minimum Gasteiger partial charge on any atom is -0.383 e. The highest BCUT2D eigenvalue weighted by atomic mass is 19.1. The Morgan fingerprint density at radius 3 is 2.11 bits per heavy atom. The summed E-state index contributed by atoms with van der Waals surface area (Å²) in [7, 11) is 0. The van der Waals surface area contributed by atoms with Crippen molar-refractivity contribution in [2.45, 2.75) is 13.0 Å². The monoisotopic (exact) mass is 252 g/mol. The van der Waals surface area contributed by atoms with Gasteiger partial charge in [-0.3, -0.25) is 0 Å². The lowest BCUT2D eigenvalue weighted by atomic mass is 9.99. The lowest BCUT2D eigenvalue weighted by Crippen LogP contribution is -2.06. The summed E-state index contributed by atoms with van der Waals surface area (Å²) in [6.45, 7) is 1.72. The molecule has 2 aromatic rings. The molecule has 94 valence electrons. The number of aliphatic hydroxyl groups is 1. The number of aryl methyl sites for hydroxylation is 1. The van der Waals surface area contributed by atoms with Gasteiger partial charge in [-0.25, -0.2) is 13.2 Å². The molecular formula is C14H11F3O. The summed E-state index contributed by atoms with van der Waals surface area (Å²) < 4.78 is 40.1. The molecule has 0 fully saturated rings. The summed E-state index contributed by atoms with van der Waals surface area (Å²) in [6, 6.07) is 6.84. The summed E-state index contributed by atoms with van der Waals surface area (Å²) in [5.41, 5.74) is 0.376. The van der Waals surface area contributed by atoms with E-state index < -0.39 is 23.6 Å². The Kier molecular flexibility index (Phi) is 3.39. The van der Waals surface area contributed by atoms with Crippen molar-refractivity contribution in [1.29, 1.82) is 0 Å². The van der Waals surface area contributed by atoms with E-state index in [2.05, 4.69) is 0 Å². The molecule has 2 aromatic carbocycles. The van der Waals surface area contributed by atoms with E-state index in [0.29, 0.717) is 0 Å². The highest BCUT2D eigenvalue weighted by molar-refractivity contribution is 5.34. The van der Waals surface area contributed by atoms with E-state index >= 15 is 0 Å². The second-order valence-electron chi connectivity index (χ2n) is 4.09. The Morgan fingerprint density at radius 2 is 1.44 bits per heavy atom. The Balaban J connectivity index is 2.50. The molecule has 1 nitrogen and oxygen atoms in total. The molecule has 0 saturated heterocycles. The maximum atomic E-state index is 13.6. The third kappa shape index (κ3) is 2.38. The van der Waals surface area contributed by atoms with Gasteiger partial charge in [0.2, 0.25) is 0 Å². The van der Waals surface area contributed by atoms with Crippen LogP contribution in [0.25, 0.3) is 0 Å². The zero-order valence-electron chi connectivity index (χ0n) is 9.62. The van der Waals surface area contributed by atoms with Crippen LogP contribution in [0.3, 0.4) is 0 Å². The first kappa shape index (κ1) is 12.6. The molecule has 0 radical (unpaired) electrons. The average molecular weight is 252 g/mol. The van der Waals surface area contributed by atoms with Crippen molar-refractivity contribution < 1.29 is 18.3 Å². The molecule has 2 rings (SSSR count). The van der Waals surface area contributed by atoms with E-state index in [1.165, 1.54) is 18.2 Å². The zero-order chi connectivity index (χ0) is 13.3. The number of aliphatic hydroxyl groups excluding tert-OH is 1. The average Bonchev–Trinajstić information content (AvgIpc) is 2.34. The Morgan fingerprint density at radius 1 is 0.889 bits per heavy atom. The summed E-state index contributed by atoms with van der Waals surface area (Å²) in [4.78, 5) is 0. The van der Waals surface area contributed by atoms with Gasteiger partial charge in [-0.1, -0.05) is 17.7 Å². The molecule has 0 aliphatic carbocycles. The first-order valence-corrected chi connectivity index (χ1v) is 5.38. The van der Waals surface area contributed by atoms with Crippen LogP contribution >= 0.6 is 0 Å². The fourth-order valence-corrected chi connectivity index (χ4v) is 1.76. The Bertz CT molecular complexity index is 530. The molecule has 0 spiro atoms. The minimum absolute atomic E-state index is 0.0699. The highest BCUT2D eigenvalue weighted by Gasteiger charge is 2.19. The molecule has 0 aliphatic rings. The third-order valence-corrected chi connectivity index (χ3v) is 2.70. The first-order valence-electron chi connectivity index (χ1n) is 5.38. The van der Waals surface area contributed by atoms with Crippen LogP contribution in [0.1, 0.15) is 22.8 Å². The third-order valence-electron chi connectivity index (χ3n) is 2.70. The van der Waals surface area contributed by atoms with Crippen LogP contribution < -0.4 is 0 Å². The molecule has 0 amide bonds. The number of halogens is 3. The van der Waals surface area contributed by atoms with Gasteiger partial charge in [0.25, 0.3) is 0 Å². The summed E-state index contributed by atoms with van der Waals surface area (Å²) in [6.07, 6.45) is -1.53. The van der Waals surface area contributed by atoms with Gasteiger partial charge in [0.05, 0.1) is 0 Å².